The Morgan fingerprint density at radius 2 is 1.74 bits per heavy atom. The summed E-state index contributed by atoms with van der Waals surface area (Å²) in [6.45, 7) is 4.08. The zero-order valence-electron chi connectivity index (χ0n) is 19.2. The van der Waals surface area contributed by atoms with Crippen molar-refractivity contribution in [3.05, 3.63) is 67.6 Å². The van der Waals surface area contributed by atoms with Crippen molar-refractivity contribution < 1.29 is 27.9 Å². The molecule has 1 saturated carbocycles. The Morgan fingerprint density at radius 1 is 1.17 bits per heavy atom. The van der Waals surface area contributed by atoms with E-state index in [1.165, 1.54) is 25.7 Å². The standard InChI is InChI=1S/C22H26Cl2N2O3.C2HF3O/c1-2-25(17-5-3-4-6-17)14-20-18(23)13-19(24)21(27)26(20)12-11-15-7-9-16(10-8-15)22(28)29;3-2(4,5)1-6/h7-10,13,17H,2-6,11-12,14H2,1H3,(H,28,29);1H. The molecule has 0 atom stereocenters. The minimum absolute atomic E-state index is 0.115. The first-order valence-electron chi connectivity index (χ1n) is 11.1. The van der Waals surface area contributed by atoms with Crippen LogP contribution in [-0.4, -0.2) is 45.6 Å². The first-order chi connectivity index (χ1) is 16.5. The second kappa shape index (κ2) is 13.1. The Morgan fingerprint density at radius 3 is 2.23 bits per heavy atom. The molecule has 1 fully saturated rings. The van der Waals surface area contributed by atoms with Crippen LogP contribution in [0.25, 0.3) is 0 Å². The number of pyridine rings is 1. The number of alkyl halides is 3. The average Bonchev–Trinajstić information content (AvgIpc) is 3.35. The number of nitrogens with zero attached hydrogens (tertiary/aromatic N) is 2. The maximum atomic E-state index is 12.8. The van der Waals surface area contributed by atoms with Gasteiger partial charge < -0.3 is 9.67 Å². The van der Waals surface area contributed by atoms with Crippen molar-refractivity contribution in [1.82, 2.24) is 9.47 Å². The monoisotopic (exact) mass is 534 g/mol. The molecule has 11 heteroatoms. The topological polar surface area (TPSA) is 79.6 Å². The van der Waals surface area contributed by atoms with E-state index in [1.54, 1.807) is 34.9 Å². The summed E-state index contributed by atoms with van der Waals surface area (Å²) in [5, 5.41) is 9.66. The Bertz CT molecular complexity index is 1070. The molecule has 1 N–H and O–H groups in total. The molecule has 0 amide bonds. The van der Waals surface area contributed by atoms with Gasteiger partial charge in [0.2, 0.25) is 6.29 Å². The number of aromatic carboxylic acids is 1. The zero-order chi connectivity index (χ0) is 26.2. The third-order valence-corrected chi connectivity index (χ3v) is 6.46. The molecule has 1 aromatic heterocycles. The van der Waals surface area contributed by atoms with Crippen LogP contribution in [0.3, 0.4) is 0 Å². The van der Waals surface area contributed by atoms with E-state index in [1.807, 2.05) is 0 Å². The van der Waals surface area contributed by atoms with Crippen LogP contribution in [0.15, 0.2) is 35.1 Å². The van der Waals surface area contributed by atoms with E-state index in [9.17, 15) is 22.8 Å². The molecule has 0 aliphatic heterocycles. The van der Waals surface area contributed by atoms with Crippen LogP contribution in [0.1, 0.15) is 54.2 Å². The van der Waals surface area contributed by atoms with E-state index in [4.69, 9.17) is 33.1 Å². The largest absolute Gasteiger partial charge is 0.478 e. The van der Waals surface area contributed by atoms with Crippen molar-refractivity contribution in [2.75, 3.05) is 6.54 Å². The van der Waals surface area contributed by atoms with E-state index >= 15 is 0 Å². The zero-order valence-corrected chi connectivity index (χ0v) is 20.7. The van der Waals surface area contributed by atoms with Crippen molar-refractivity contribution >= 4 is 35.5 Å². The van der Waals surface area contributed by atoms with Gasteiger partial charge in [0.15, 0.2) is 0 Å². The fourth-order valence-electron chi connectivity index (χ4n) is 4.05. The number of benzene rings is 1. The molecular formula is C24H27Cl2F3N2O4. The lowest BCUT2D eigenvalue weighted by Crippen LogP contribution is -2.36. The number of carboxylic acid groups (broad SMARTS) is 1. The molecule has 0 radical (unpaired) electrons. The maximum absolute atomic E-state index is 12.8. The average molecular weight is 535 g/mol. The number of aryl methyl sites for hydroxylation is 1. The summed E-state index contributed by atoms with van der Waals surface area (Å²) in [6, 6.07) is 8.77. The van der Waals surface area contributed by atoms with E-state index in [2.05, 4.69) is 11.8 Å². The lowest BCUT2D eigenvalue weighted by atomic mass is 10.1. The maximum Gasteiger partial charge on any atom is 0.446 e. The first kappa shape index (κ1) is 28.9. The molecule has 35 heavy (non-hydrogen) atoms. The number of aromatic nitrogens is 1. The van der Waals surface area contributed by atoms with Crippen LogP contribution in [0, 0.1) is 0 Å². The van der Waals surface area contributed by atoms with Crippen LogP contribution < -0.4 is 5.56 Å². The number of carbonyl (C=O) groups excluding carboxylic acids is 1. The fourth-order valence-corrected chi connectivity index (χ4v) is 4.59. The predicted molar refractivity (Wildman–Crippen MR) is 128 cm³/mol. The second-order valence-electron chi connectivity index (χ2n) is 8.16. The molecule has 6 nitrogen and oxygen atoms in total. The van der Waals surface area contributed by atoms with E-state index < -0.39 is 18.4 Å². The number of halogens is 5. The Balaban J connectivity index is 0.000000641. The van der Waals surface area contributed by atoms with Crippen LogP contribution >= 0.6 is 23.2 Å². The van der Waals surface area contributed by atoms with E-state index in [0.29, 0.717) is 30.6 Å². The van der Waals surface area contributed by atoms with Gasteiger partial charge in [-0.3, -0.25) is 14.5 Å². The van der Waals surface area contributed by atoms with Gasteiger partial charge in [-0.25, -0.2) is 4.79 Å². The number of aldehydes is 1. The van der Waals surface area contributed by atoms with Gasteiger partial charge in [0.05, 0.1) is 16.3 Å². The van der Waals surface area contributed by atoms with Crippen LogP contribution in [0.5, 0.6) is 0 Å². The Labute approximate surface area is 211 Å². The summed E-state index contributed by atoms with van der Waals surface area (Å²) in [5.74, 6) is -0.955. The Kier molecular flexibility index (Phi) is 10.8. The number of hydrogen-bond donors (Lipinski definition) is 1. The summed E-state index contributed by atoms with van der Waals surface area (Å²) in [4.78, 5) is 34.9. The second-order valence-corrected chi connectivity index (χ2v) is 8.97. The molecule has 0 bridgehead atoms. The van der Waals surface area contributed by atoms with Gasteiger partial charge in [0.25, 0.3) is 5.56 Å². The highest BCUT2D eigenvalue weighted by molar-refractivity contribution is 6.34. The van der Waals surface area contributed by atoms with Gasteiger partial charge in [-0.1, -0.05) is 55.1 Å². The molecule has 1 aliphatic carbocycles. The van der Waals surface area contributed by atoms with Crippen molar-refractivity contribution in [3.63, 3.8) is 0 Å². The molecule has 0 unspecified atom stereocenters. The highest BCUT2D eigenvalue weighted by Crippen LogP contribution is 2.27. The van der Waals surface area contributed by atoms with Gasteiger partial charge in [-0.2, -0.15) is 13.2 Å². The van der Waals surface area contributed by atoms with Gasteiger partial charge in [-0.05, 0) is 49.6 Å². The summed E-state index contributed by atoms with van der Waals surface area (Å²) in [6.07, 6.45) is -0.270. The van der Waals surface area contributed by atoms with Crippen molar-refractivity contribution in [2.45, 2.75) is 64.3 Å². The number of rotatable bonds is 8. The lowest BCUT2D eigenvalue weighted by Gasteiger charge is -2.29. The van der Waals surface area contributed by atoms with Gasteiger partial charge in [0, 0.05) is 19.1 Å². The molecule has 0 saturated heterocycles. The van der Waals surface area contributed by atoms with E-state index in [-0.39, 0.29) is 16.1 Å². The summed E-state index contributed by atoms with van der Waals surface area (Å²) in [7, 11) is 0. The third-order valence-electron chi connectivity index (χ3n) is 5.86. The normalized spacial score (nSPS) is 14.0. The highest BCUT2D eigenvalue weighted by atomic mass is 35.5. The minimum Gasteiger partial charge on any atom is -0.478 e. The molecule has 2 aromatic rings. The SMILES string of the molecule is CCN(Cc1c(Cl)cc(Cl)c(=O)n1CCc1ccc(C(=O)O)cc1)C1CCCC1.O=CC(F)(F)F. The number of hydrogen-bond acceptors (Lipinski definition) is 4. The highest BCUT2D eigenvalue weighted by Gasteiger charge is 2.25. The molecular weight excluding hydrogens is 508 g/mol. The minimum atomic E-state index is -4.64. The molecule has 1 aliphatic rings. The lowest BCUT2D eigenvalue weighted by molar-refractivity contribution is -0.156. The van der Waals surface area contributed by atoms with Crippen LogP contribution in [0.4, 0.5) is 13.2 Å². The Hall–Kier alpha value is -2.36. The number of carbonyl (C=O) groups is 2. The summed E-state index contributed by atoms with van der Waals surface area (Å²) < 4.78 is 32.9. The van der Waals surface area contributed by atoms with Crippen molar-refractivity contribution in [2.24, 2.45) is 0 Å². The van der Waals surface area contributed by atoms with Gasteiger partial charge in [-0.15, -0.1) is 0 Å². The van der Waals surface area contributed by atoms with Crippen molar-refractivity contribution in [1.29, 1.82) is 0 Å². The predicted octanol–water partition coefficient (Wildman–Crippen LogP) is 5.61. The smallest absolute Gasteiger partial charge is 0.446 e. The van der Waals surface area contributed by atoms with Gasteiger partial charge >= 0.3 is 12.1 Å². The third kappa shape index (κ3) is 8.66. The molecule has 1 aromatic carbocycles. The first-order valence-corrected chi connectivity index (χ1v) is 11.9. The molecule has 0 spiro atoms. The number of carboxylic acids is 1. The summed E-state index contributed by atoms with van der Waals surface area (Å²) >= 11 is 12.6. The fraction of sp³-hybridized carbons (Fsp3) is 0.458. The quantitative estimate of drug-likeness (QED) is 0.445. The van der Waals surface area contributed by atoms with Crippen LogP contribution in [-0.2, 0) is 24.3 Å². The van der Waals surface area contributed by atoms with Crippen molar-refractivity contribution in [3.8, 4) is 0 Å². The van der Waals surface area contributed by atoms with Crippen LogP contribution in [0.2, 0.25) is 10.0 Å². The molecule has 1 heterocycles. The van der Waals surface area contributed by atoms with E-state index in [0.717, 1.165) is 17.8 Å². The molecule has 192 valence electrons. The van der Waals surface area contributed by atoms with Gasteiger partial charge in [0.1, 0.15) is 5.02 Å². The molecule has 3 rings (SSSR count). The summed E-state index contributed by atoms with van der Waals surface area (Å²) in [5.41, 5.74) is 1.74.